The van der Waals surface area contributed by atoms with Crippen LogP contribution in [0.3, 0.4) is 0 Å². The van der Waals surface area contributed by atoms with Crippen LogP contribution in [0, 0.1) is 0 Å². The Labute approximate surface area is 64.5 Å². The first-order valence-corrected chi connectivity index (χ1v) is 3.23. The SMILES string of the molecule is COCc1cc(CNN)no1. The van der Waals surface area contributed by atoms with Crippen LogP contribution in [0.15, 0.2) is 10.6 Å². The maximum Gasteiger partial charge on any atom is 0.162 e. The van der Waals surface area contributed by atoms with Gasteiger partial charge in [0.2, 0.25) is 0 Å². The summed E-state index contributed by atoms with van der Waals surface area (Å²) >= 11 is 0. The molecule has 0 radical (unpaired) electrons. The molecule has 0 bridgehead atoms. The van der Waals surface area contributed by atoms with Crippen molar-refractivity contribution in [1.29, 1.82) is 0 Å². The van der Waals surface area contributed by atoms with Gasteiger partial charge in [-0.1, -0.05) is 5.16 Å². The lowest BCUT2D eigenvalue weighted by atomic mass is 10.4. The Kier molecular flexibility index (Phi) is 3.03. The van der Waals surface area contributed by atoms with Gasteiger partial charge in [-0.25, -0.2) is 0 Å². The number of hydrogen-bond donors (Lipinski definition) is 2. The summed E-state index contributed by atoms with van der Waals surface area (Å²) in [6, 6.07) is 1.80. The molecule has 0 atom stereocenters. The fraction of sp³-hybridized carbons (Fsp3) is 0.500. The van der Waals surface area contributed by atoms with E-state index in [1.54, 1.807) is 13.2 Å². The Bertz CT molecular complexity index is 191. The summed E-state index contributed by atoms with van der Waals surface area (Å²) in [6.07, 6.45) is 0. The minimum atomic E-state index is 0.442. The second kappa shape index (κ2) is 4.07. The van der Waals surface area contributed by atoms with Gasteiger partial charge in [-0.3, -0.25) is 11.3 Å². The molecule has 0 aliphatic rings. The number of nitrogens with zero attached hydrogens (tertiary/aromatic N) is 1. The van der Waals surface area contributed by atoms with Crippen LogP contribution in [-0.4, -0.2) is 12.3 Å². The van der Waals surface area contributed by atoms with Gasteiger partial charge in [0.05, 0.1) is 12.2 Å². The molecule has 1 aromatic rings. The summed E-state index contributed by atoms with van der Waals surface area (Å²) in [7, 11) is 1.60. The highest BCUT2D eigenvalue weighted by atomic mass is 16.5. The molecule has 3 N–H and O–H groups in total. The highest BCUT2D eigenvalue weighted by Gasteiger charge is 2.01. The third-order valence-electron chi connectivity index (χ3n) is 1.18. The van der Waals surface area contributed by atoms with Crippen molar-refractivity contribution >= 4 is 0 Å². The van der Waals surface area contributed by atoms with Crippen molar-refractivity contribution in [2.75, 3.05) is 7.11 Å². The van der Waals surface area contributed by atoms with E-state index in [-0.39, 0.29) is 0 Å². The van der Waals surface area contributed by atoms with Crippen molar-refractivity contribution in [3.05, 3.63) is 17.5 Å². The van der Waals surface area contributed by atoms with E-state index in [1.165, 1.54) is 0 Å². The predicted molar refractivity (Wildman–Crippen MR) is 38.2 cm³/mol. The average molecular weight is 157 g/mol. The molecule has 0 saturated heterocycles. The first-order valence-electron chi connectivity index (χ1n) is 3.23. The highest BCUT2D eigenvalue weighted by Crippen LogP contribution is 2.03. The summed E-state index contributed by atoms with van der Waals surface area (Å²) in [5.74, 6) is 5.79. The number of hydrogen-bond acceptors (Lipinski definition) is 5. The first-order chi connectivity index (χ1) is 5.36. The van der Waals surface area contributed by atoms with Gasteiger partial charge in [-0.15, -0.1) is 0 Å². The van der Waals surface area contributed by atoms with E-state index < -0.39 is 0 Å². The van der Waals surface area contributed by atoms with Crippen LogP contribution in [0.2, 0.25) is 0 Å². The van der Waals surface area contributed by atoms with Gasteiger partial charge in [0.15, 0.2) is 5.76 Å². The van der Waals surface area contributed by atoms with E-state index in [0.717, 1.165) is 5.69 Å². The van der Waals surface area contributed by atoms with Crippen molar-refractivity contribution in [2.45, 2.75) is 13.2 Å². The van der Waals surface area contributed by atoms with Crippen molar-refractivity contribution in [3.63, 3.8) is 0 Å². The standard InChI is InChI=1S/C6H11N3O2/c1-10-4-6-2-5(3-8-7)9-11-6/h2,8H,3-4,7H2,1H3. The summed E-state index contributed by atoms with van der Waals surface area (Å²) in [4.78, 5) is 0. The molecule has 0 saturated carbocycles. The molecule has 5 nitrogen and oxygen atoms in total. The normalized spacial score (nSPS) is 10.4. The number of nitrogens with two attached hydrogens (primary N) is 1. The lowest BCUT2D eigenvalue weighted by Crippen LogP contribution is -2.20. The molecule has 1 rings (SSSR count). The molecule has 0 unspecified atom stereocenters. The van der Waals surface area contributed by atoms with E-state index in [0.29, 0.717) is 18.9 Å². The van der Waals surface area contributed by atoms with Crippen LogP contribution < -0.4 is 11.3 Å². The molecule has 0 aliphatic carbocycles. The second-order valence-electron chi connectivity index (χ2n) is 2.10. The minimum Gasteiger partial charge on any atom is -0.377 e. The van der Waals surface area contributed by atoms with Crippen molar-refractivity contribution in [3.8, 4) is 0 Å². The van der Waals surface area contributed by atoms with Crippen molar-refractivity contribution in [1.82, 2.24) is 10.6 Å². The molecule has 1 heterocycles. The quantitative estimate of drug-likeness (QED) is 0.467. The van der Waals surface area contributed by atoms with Gasteiger partial charge in [-0.2, -0.15) is 0 Å². The fourth-order valence-electron chi connectivity index (χ4n) is 0.754. The first kappa shape index (κ1) is 8.19. The number of methoxy groups -OCH3 is 1. The molecule has 11 heavy (non-hydrogen) atoms. The van der Waals surface area contributed by atoms with E-state index in [9.17, 15) is 0 Å². The molecular weight excluding hydrogens is 146 g/mol. The summed E-state index contributed by atoms with van der Waals surface area (Å²) in [5, 5.41) is 3.73. The Morgan fingerprint density at radius 1 is 1.82 bits per heavy atom. The second-order valence-corrected chi connectivity index (χ2v) is 2.10. The molecule has 0 spiro atoms. The fourth-order valence-corrected chi connectivity index (χ4v) is 0.754. The van der Waals surface area contributed by atoms with Gasteiger partial charge in [0.1, 0.15) is 6.61 Å². The maximum atomic E-state index is 5.08. The van der Waals surface area contributed by atoms with Gasteiger partial charge in [-0.05, 0) is 0 Å². The number of nitrogens with one attached hydrogen (secondary N) is 1. The van der Waals surface area contributed by atoms with Gasteiger partial charge in [0.25, 0.3) is 0 Å². The summed E-state index contributed by atoms with van der Waals surface area (Å²) in [5.41, 5.74) is 3.25. The third-order valence-corrected chi connectivity index (χ3v) is 1.18. The largest absolute Gasteiger partial charge is 0.377 e. The molecule has 62 valence electrons. The van der Waals surface area contributed by atoms with Crippen LogP contribution in [0.1, 0.15) is 11.5 Å². The Morgan fingerprint density at radius 2 is 2.64 bits per heavy atom. The smallest absolute Gasteiger partial charge is 0.162 e. The monoisotopic (exact) mass is 157 g/mol. The van der Waals surface area contributed by atoms with Gasteiger partial charge in [0, 0.05) is 13.2 Å². The third kappa shape index (κ3) is 2.30. The van der Waals surface area contributed by atoms with E-state index in [1.807, 2.05) is 0 Å². The Morgan fingerprint density at radius 3 is 3.27 bits per heavy atom. The zero-order valence-corrected chi connectivity index (χ0v) is 6.33. The zero-order chi connectivity index (χ0) is 8.10. The van der Waals surface area contributed by atoms with E-state index in [4.69, 9.17) is 15.1 Å². The number of rotatable bonds is 4. The van der Waals surface area contributed by atoms with Crippen LogP contribution in [0.5, 0.6) is 0 Å². The molecule has 0 aromatic carbocycles. The van der Waals surface area contributed by atoms with Crippen LogP contribution >= 0.6 is 0 Å². The zero-order valence-electron chi connectivity index (χ0n) is 6.33. The highest BCUT2D eigenvalue weighted by molar-refractivity contribution is 5.03. The molecule has 0 aliphatic heterocycles. The van der Waals surface area contributed by atoms with Crippen LogP contribution in [-0.2, 0) is 17.9 Å². The minimum absolute atomic E-state index is 0.442. The Balaban J connectivity index is 2.51. The molecule has 0 fully saturated rings. The van der Waals surface area contributed by atoms with Crippen molar-refractivity contribution < 1.29 is 9.26 Å². The van der Waals surface area contributed by atoms with Crippen molar-refractivity contribution in [2.24, 2.45) is 5.84 Å². The maximum absolute atomic E-state index is 5.08. The van der Waals surface area contributed by atoms with E-state index >= 15 is 0 Å². The molecule has 5 heteroatoms. The molecule has 0 amide bonds. The van der Waals surface area contributed by atoms with Gasteiger partial charge < -0.3 is 9.26 Å². The summed E-state index contributed by atoms with van der Waals surface area (Å²) < 4.78 is 9.72. The molecular formula is C6H11N3O2. The average Bonchev–Trinajstić information content (AvgIpc) is 2.38. The molecule has 1 aromatic heterocycles. The predicted octanol–water partition coefficient (Wildman–Crippen LogP) is -0.216. The number of aromatic nitrogens is 1. The summed E-state index contributed by atoms with van der Waals surface area (Å²) in [6.45, 7) is 0.949. The Hall–Kier alpha value is -0.910. The lowest BCUT2D eigenvalue weighted by Gasteiger charge is -1.88. The van der Waals surface area contributed by atoms with Crippen LogP contribution in [0.25, 0.3) is 0 Å². The lowest BCUT2D eigenvalue weighted by molar-refractivity contribution is 0.155. The van der Waals surface area contributed by atoms with E-state index in [2.05, 4.69) is 10.6 Å². The number of ether oxygens (including phenoxy) is 1. The van der Waals surface area contributed by atoms with Gasteiger partial charge >= 0.3 is 0 Å². The van der Waals surface area contributed by atoms with Crippen LogP contribution in [0.4, 0.5) is 0 Å². The topological polar surface area (TPSA) is 73.3 Å². The number of hydrazine groups is 1.